The number of alkyl halides is 3. The first-order chi connectivity index (χ1) is 12.0. The molecule has 0 radical (unpaired) electrons. The minimum atomic E-state index is -4.34. The summed E-state index contributed by atoms with van der Waals surface area (Å²) in [4.78, 5) is 6.76. The topological polar surface area (TPSA) is 36.9 Å². The van der Waals surface area contributed by atoms with Crippen molar-refractivity contribution in [2.75, 3.05) is 32.8 Å². The van der Waals surface area contributed by atoms with Crippen LogP contribution in [0, 0.1) is 5.92 Å². The highest BCUT2D eigenvalue weighted by molar-refractivity contribution is 14.0. The molecular weight excluding hydrogens is 458 g/mol. The third-order valence-electron chi connectivity index (χ3n) is 4.48. The molecule has 146 valence electrons. The molecule has 1 aromatic carbocycles. The Bertz CT molecular complexity index is 620. The van der Waals surface area contributed by atoms with E-state index in [2.05, 4.69) is 15.2 Å². The molecular formula is C18H25F3IN3O. The maximum Gasteiger partial charge on any atom is 0.416 e. The average Bonchev–Trinajstić information content (AvgIpc) is 3.42. The van der Waals surface area contributed by atoms with Gasteiger partial charge in [-0.25, -0.2) is 0 Å². The van der Waals surface area contributed by atoms with Crippen LogP contribution in [0.2, 0.25) is 0 Å². The van der Waals surface area contributed by atoms with E-state index in [1.54, 1.807) is 6.07 Å². The maximum absolute atomic E-state index is 12.9. The van der Waals surface area contributed by atoms with Gasteiger partial charge in [0.05, 0.1) is 18.7 Å². The summed E-state index contributed by atoms with van der Waals surface area (Å²) in [5.41, 5.74) is -0.0856. The van der Waals surface area contributed by atoms with Crippen LogP contribution in [-0.2, 0) is 10.9 Å². The Kier molecular flexibility index (Phi) is 7.57. The number of ether oxygens (including phenoxy) is 1. The molecule has 1 aliphatic carbocycles. The van der Waals surface area contributed by atoms with E-state index in [9.17, 15) is 13.2 Å². The van der Waals surface area contributed by atoms with E-state index in [4.69, 9.17) is 4.74 Å². The van der Waals surface area contributed by atoms with Crippen molar-refractivity contribution in [1.82, 2.24) is 10.2 Å². The van der Waals surface area contributed by atoms with Crippen molar-refractivity contribution < 1.29 is 17.9 Å². The number of rotatable bonds is 4. The second-order valence-electron chi connectivity index (χ2n) is 6.57. The Morgan fingerprint density at radius 3 is 2.77 bits per heavy atom. The first-order valence-corrected chi connectivity index (χ1v) is 8.79. The molecule has 0 aromatic heterocycles. The number of nitrogens with zero attached hydrogens (tertiary/aromatic N) is 2. The summed E-state index contributed by atoms with van der Waals surface area (Å²) in [7, 11) is 0. The van der Waals surface area contributed by atoms with Crippen molar-refractivity contribution in [3.8, 4) is 0 Å². The van der Waals surface area contributed by atoms with Gasteiger partial charge in [-0.1, -0.05) is 12.1 Å². The van der Waals surface area contributed by atoms with E-state index >= 15 is 0 Å². The lowest BCUT2D eigenvalue weighted by Crippen LogP contribution is -2.48. The Morgan fingerprint density at radius 1 is 1.35 bits per heavy atom. The van der Waals surface area contributed by atoms with Gasteiger partial charge < -0.3 is 15.0 Å². The fourth-order valence-corrected chi connectivity index (χ4v) is 2.90. The third kappa shape index (κ3) is 5.73. The van der Waals surface area contributed by atoms with Crippen LogP contribution in [-0.4, -0.2) is 43.6 Å². The molecule has 2 fully saturated rings. The van der Waals surface area contributed by atoms with E-state index < -0.39 is 11.7 Å². The van der Waals surface area contributed by atoms with E-state index in [0.717, 1.165) is 25.1 Å². The Hall–Kier alpha value is -1.03. The van der Waals surface area contributed by atoms with Crippen molar-refractivity contribution in [3.63, 3.8) is 0 Å². The summed E-state index contributed by atoms with van der Waals surface area (Å²) in [6.07, 6.45) is -2.26. The van der Waals surface area contributed by atoms with Crippen molar-refractivity contribution in [1.29, 1.82) is 0 Å². The number of hydrogen-bond donors (Lipinski definition) is 1. The SMILES string of the molecule is CCNC(=NCC1CC1)N1CCOC(c2cccc(C(F)(F)F)c2)C1.I. The molecule has 0 spiro atoms. The highest BCUT2D eigenvalue weighted by Gasteiger charge is 2.32. The Balaban J connectivity index is 0.00000243. The van der Waals surface area contributed by atoms with Gasteiger partial charge in [0.2, 0.25) is 0 Å². The molecule has 1 heterocycles. The van der Waals surface area contributed by atoms with Gasteiger partial charge in [0.25, 0.3) is 0 Å². The van der Waals surface area contributed by atoms with E-state index in [-0.39, 0.29) is 30.1 Å². The molecule has 2 aliphatic rings. The zero-order chi connectivity index (χ0) is 17.9. The molecule has 0 amide bonds. The van der Waals surface area contributed by atoms with Crippen molar-refractivity contribution in [2.45, 2.75) is 32.0 Å². The van der Waals surface area contributed by atoms with Gasteiger partial charge in [-0.3, -0.25) is 4.99 Å². The highest BCUT2D eigenvalue weighted by Crippen LogP contribution is 2.32. The number of halogens is 4. The molecule has 1 aromatic rings. The van der Waals surface area contributed by atoms with E-state index in [0.29, 0.717) is 31.2 Å². The first-order valence-electron chi connectivity index (χ1n) is 8.79. The number of guanidine groups is 1. The number of morpholine rings is 1. The fraction of sp³-hybridized carbons (Fsp3) is 0.611. The summed E-state index contributed by atoms with van der Waals surface area (Å²) < 4.78 is 44.6. The number of benzene rings is 1. The second-order valence-corrected chi connectivity index (χ2v) is 6.57. The zero-order valence-electron chi connectivity index (χ0n) is 14.8. The molecule has 1 saturated carbocycles. The molecule has 1 N–H and O–H groups in total. The predicted molar refractivity (Wildman–Crippen MR) is 106 cm³/mol. The summed E-state index contributed by atoms with van der Waals surface area (Å²) in [6, 6.07) is 5.40. The van der Waals surface area contributed by atoms with Crippen LogP contribution < -0.4 is 5.32 Å². The lowest BCUT2D eigenvalue weighted by molar-refractivity contribution is -0.137. The van der Waals surface area contributed by atoms with Crippen LogP contribution in [0.4, 0.5) is 13.2 Å². The predicted octanol–water partition coefficient (Wildman–Crippen LogP) is 4.07. The van der Waals surface area contributed by atoms with Crippen molar-refractivity contribution >= 4 is 29.9 Å². The van der Waals surface area contributed by atoms with Crippen LogP contribution in [0.3, 0.4) is 0 Å². The first kappa shape index (κ1) is 21.3. The molecule has 3 rings (SSSR count). The third-order valence-corrected chi connectivity index (χ3v) is 4.48. The molecule has 26 heavy (non-hydrogen) atoms. The van der Waals surface area contributed by atoms with Gasteiger partial charge in [-0.2, -0.15) is 13.2 Å². The van der Waals surface area contributed by atoms with E-state index in [1.165, 1.54) is 25.0 Å². The molecule has 1 unspecified atom stereocenters. The largest absolute Gasteiger partial charge is 0.416 e. The Labute approximate surface area is 169 Å². The molecule has 4 nitrogen and oxygen atoms in total. The normalized spacial score (nSPS) is 21.3. The summed E-state index contributed by atoms with van der Waals surface area (Å²) in [5, 5.41) is 3.28. The minimum absolute atomic E-state index is 0. The van der Waals surface area contributed by atoms with Gasteiger partial charge in [-0.15, -0.1) is 24.0 Å². The number of aliphatic imine (C=N–C) groups is 1. The Morgan fingerprint density at radius 2 is 2.12 bits per heavy atom. The van der Waals surface area contributed by atoms with Gasteiger partial charge in [0, 0.05) is 19.6 Å². The zero-order valence-corrected chi connectivity index (χ0v) is 17.1. The minimum Gasteiger partial charge on any atom is -0.370 e. The highest BCUT2D eigenvalue weighted by atomic mass is 127. The summed E-state index contributed by atoms with van der Waals surface area (Å²) in [5.74, 6) is 1.52. The molecule has 1 saturated heterocycles. The maximum atomic E-state index is 12.9. The van der Waals surface area contributed by atoms with Crippen LogP contribution >= 0.6 is 24.0 Å². The van der Waals surface area contributed by atoms with Crippen LogP contribution in [0.15, 0.2) is 29.3 Å². The standard InChI is InChI=1S/C18H24F3N3O.HI/c1-2-22-17(23-11-13-6-7-13)24-8-9-25-16(12-24)14-4-3-5-15(10-14)18(19,20)21;/h3-5,10,13,16H,2,6-9,11-12H2,1H3,(H,22,23);1H. The molecule has 1 aliphatic heterocycles. The molecule has 8 heteroatoms. The number of nitrogens with one attached hydrogen (secondary N) is 1. The lowest BCUT2D eigenvalue weighted by Gasteiger charge is -2.35. The van der Waals surface area contributed by atoms with Crippen molar-refractivity contribution in [3.05, 3.63) is 35.4 Å². The second kappa shape index (κ2) is 9.25. The molecule has 0 bridgehead atoms. The average molecular weight is 483 g/mol. The van der Waals surface area contributed by atoms with Crippen LogP contribution in [0.5, 0.6) is 0 Å². The van der Waals surface area contributed by atoms with Gasteiger partial charge in [-0.05, 0) is 43.4 Å². The van der Waals surface area contributed by atoms with Gasteiger partial charge >= 0.3 is 6.18 Å². The number of hydrogen-bond acceptors (Lipinski definition) is 2. The monoisotopic (exact) mass is 483 g/mol. The van der Waals surface area contributed by atoms with E-state index in [1.807, 2.05) is 6.92 Å². The van der Waals surface area contributed by atoms with Crippen LogP contribution in [0.1, 0.15) is 37.0 Å². The van der Waals surface area contributed by atoms with Crippen LogP contribution in [0.25, 0.3) is 0 Å². The van der Waals surface area contributed by atoms with Crippen molar-refractivity contribution in [2.24, 2.45) is 10.9 Å². The summed E-state index contributed by atoms with van der Waals surface area (Å²) >= 11 is 0. The molecule has 1 atom stereocenters. The van der Waals surface area contributed by atoms with Gasteiger partial charge in [0.15, 0.2) is 5.96 Å². The fourth-order valence-electron chi connectivity index (χ4n) is 2.90. The lowest BCUT2D eigenvalue weighted by atomic mass is 10.0. The quantitative estimate of drug-likeness (QED) is 0.399. The summed E-state index contributed by atoms with van der Waals surface area (Å²) in [6.45, 7) is 5.24. The smallest absolute Gasteiger partial charge is 0.370 e. The van der Waals surface area contributed by atoms with Gasteiger partial charge in [0.1, 0.15) is 6.10 Å².